The second kappa shape index (κ2) is 2.15. The maximum atomic E-state index is 5.00. The van der Waals surface area contributed by atoms with Crippen LogP contribution in [0.1, 0.15) is 0 Å². The molecule has 0 aromatic carbocycles. The lowest BCUT2D eigenvalue weighted by Crippen LogP contribution is -1.77. The van der Waals surface area contributed by atoms with Gasteiger partial charge in [0, 0.05) is 5.93 Å². The van der Waals surface area contributed by atoms with E-state index in [1.54, 1.807) is 6.33 Å². The summed E-state index contributed by atoms with van der Waals surface area (Å²) in [6.45, 7) is 0. The molecule has 50 valence electrons. The van der Waals surface area contributed by atoms with Crippen molar-refractivity contribution in [2.24, 2.45) is 0 Å². The van der Waals surface area contributed by atoms with E-state index in [1.165, 1.54) is 0 Å². The summed E-state index contributed by atoms with van der Waals surface area (Å²) in [5.41, 5.74) is 0.944. The van der Waals surface area contributed by atoms with Crippen LogP contribution in [-0.2, 0) is 0 Å². The first-order chi connectivity index (χ1) is 4.88. The predicted molar refractivity (Wildman–Crippen MR) is 43.8 cm³/mol. The predicted octanol–water partition coefficient (Wildman–Crippen LogP) is 2.20. The van der Waals surface area contributed by atoms with Crippen molar-refractivity contribution in [2.45, 2.75) is 0 Å². The standard InChI is InChI=1S/C5H4N3PS/c10-5-3-4(6-1-7-5)9-2-8-3/h1-2,8H,(H,6,7,10). The van der Waals surface area contributed by atoms with Gasteiger partial charge < -0.3 is 9.97 Å². The molecular formula is C5H4N3PS. The number of fused-ring (bicyclic) bond motifs is 1. The number of hydrogen-bond acceptors (Lipinski definition) is 2. The molecule has 5 heteroatoms. The van der Waals surface area contributed by atoms with Crippen molar-refractivity contribution in [3.05, 3.63) is 16.9 Å². The Kier molecular flexibility index (Phi) is 1.29. The van der Waals surface area contributed by atoms with Crippen molar-refractivity contribution in [3.8, 4) is 0 Å². The Morgan fingerprint density at radius 1 is 1.50 bits per heavy atom. The minimum Gasteiger partial charge on any atom is -0.353 e. The summed E-state index contributed by atoms with van der Waals surface area (Å²) in [6, 6.07) is 0. The highest BCUT2D eigenvalue weighted by molar-refractivity contribution is 7.71. The van der Waals surface area contributed by atoms with Gasteiger partial charge in [-0.25, -0.2) is 4.98 Å². The Morgan fingerprint density at radius 2 is 2.40 bits per heavy atom. The summed E-state index contributed by atoms with van der Waals surface area (Å²) in [7, 11) is 1.10. The van der Waals surface area contributed by atoms with E-state index in [1.807, 2.05) is 5.93 Å². The van der Waals surface area contributed by atoms with Gasteiger partial charge in [0.2, 0.25) is 0 Å². The number of nitrogens with zero attached hydrogens (tertiary/aromatic N) is 1. The first-order valence-electron chi connectivity index (χ1n) is 2.75. The third-order valence-corrected chi connectivity index (χ3v) is 2.39. The Bertz CT molecular complexity index is 404. The van der Waals surface area contributed by atoms with Crippen LogP contribution in [0, 0.1) is 4.64 Å². The molecule has 2 aromatic rings. The van der Waals surface area contributed by atoms with Gasteiger partial charge in [0.25, 0.3) is 0 Å². The van der Waals surface area contributed by atoms with Crippen LogP contribution in [-0.4, -0.2) is 15.0 Å². The fraction of sp³-hybridized carbons (Fsp3) is 0. The molecule has 10 heavy (non-hydrogen) atoms. The Labute approximate surface area is 63.6 Å². The second-order valence-corrected chi connectivity index (χ2v) is 3.18. The minimum absolute atomic E-state index is 0.728. The highest BCUT2D eigenvalue weighted by Gasteiger charge is 1.94. The van der Waals surface area contributed by atoms with Crippen LogP contribution in [0.2, 0.25) is 0 Å². The summed E-state index contributed by atoms with van der Waals surface area (Å²) in [6.07, 6.45) is 1.62. The van der Waals surface area contributed by atoms with Crippen molar-refractivity contribution in [2.75, 3.05) is 0 Å². The van der Waals surface area contributed by atoms with Crippen LogP contribution in [0.5, 0.6) is 0 Å². The molecule has 2 N–H and O–H groups in total. The second-order valence-electron chi connectivity index (χ2n) is 1.83. The lowest BCUT2D eigenvalue weighted by molar-refractivity contribution is 1.20. The zero-order chi connectivity index (χ0) is 6.97. The quantitative estimate of drug-likeness (QED) is 0.594. The molecule has 0 atom stereocenters. The summed E-state index contributed by atoms with van der Waals surface area (Å²) in [5, 5.41) is 1.00. The van der Waals surface area contributed by atoms with Gasteiger partial charge in [0.15, 0.2) is 0 Å². The van der Waals surface area contributed by atoms with Crippen molar-refractivity contribution in [3.63, 3.8) is 0 Å². The van der Waals surface area contributed by atoms with Gasteiger partial charge in [0.05, 0.1) is 6.33 Å². The zero-order valence-corrected chi connectivity index (χ0v) is 6.67. The van der Waals surface area contributed by atoms with Crippen molar-refractivity contribution in [1.82, 2.24) is 15.0 Å². The van der Waals surface area contributed by atoms with E-state index in [0.717, 1.165) is 23.6 Å². The van der Waals surface area contributed by atoms with Crippen LogP contribution >= 0.6 is 20.4 Å². The van der Waals surface area contributed by atoms with Gasteiger partial charge in [0.1, 0.15) is 15.4 Å². The van der Waals surface area contributed by atoms with Gasteiger partial charge in [-0.1, -0.05) is 12.2 Å². The normalized spacial score (nSPS) is 11.2. The minimum atomic E-state index is 0.728. The van der Waals surface area contributed by atoms with Crippen LogP contribution in [0.25, 0.3) is 10.8 Å². The number of aromatic amines is 2. The maximum Gasteiger partial charge on any atom is 0.130 e. The van der Waals surface area contributed by atoms with Crippen molar-refractivity contribution >= 4 is 31.2 Å². The van der Waals surface area contributed by atoms with E-state index < -0.39 is 0 Å². The van der Waals surface area contributed by atoms with Crippen LogP contribution in [0.15, 0.2) is 12.3 Å². The maximum absolute atomic E-state index is 5.00. The van der Waals surface area contributed by atoms with Crippen molar-refractivity contribution < 1.29 is 0 Å². The molecule has 0 fully saturated rings. The highest BCUT2D eigenvalue weighted by Crippen LogP contribution is 2.17. The average Bonchev–Trinajstić information content (AvgIpc) is 2.36. The third-order valence-electron chi connectivity index (χ3n) is 1.23. The Morgan fingerprint density at radius 3 is 3.20 bits per heavy atom. The highest BCUT2D eigenvalue weighted by atomic mass is 32.1. The fourth-order valence-electron chi connectivity index (χ4n) is 0.776. The number of rotatable bonds is 0. The first-order valence-corrected chi connectivity index (χ1v) is 4.12. The van der Waals surface area contributed by atoms with E-state index in [-0.39, 0.29) is 0 Å². The molecule has 0 aliphatic carbocycles. The molecule has 0 bridgehead atoms. The number of aromatic nitrogens is 3. The summed E-state index contributed by atoms with van der Waals surface area (Å²) >= 11 is 5.00. The van der Waals surface area contributed by atoms with Gasteiger partial charge >= 0.3 is 0 Å². The molecule has 0 aliphatic heterocycles. The molecule has 0 saturated heterocycles. The number of nitrogens with one attached hydrogen (secondary N) is 2. The van der Waals surface area contributed by atoms with E-state index in [9.17, 15) is 0 Å². The van der Waals surface area contributed by atoms with E-state index in [4.69, 9.17) is 12.2 Å². The molecule has 3 nitrogen and oxygen atoms in total. The largest absolute Gasteiger partial charge is 0.353 e. The van der Waals surface area contributed by atoms with Gasteiger partial charge in [-0.05, 0) is 8.19 Å². The van der Waals surface area contributed by atoms with Crippen LogP contribution in [0.4, 0.5) is 0 Å². The van der Waals surface area contributed by atoms with E-state index >= 15 is 0 Å². The van der Waals surface area contributed by atoms with Crippen molar-refractivity contribution in [1.29, 1.82) is 0 Å². The van der Waals surface area contributed by atoms with Gasteiger partial charge in [-0.3, -0.25) is 0 Å². The zero-order valence-electron chi connectivity index (χ0n) is 4.96. The lowest BCUT2D eigenvalue weighted by atomic mass is 10.6. The van der Waals surface area contributed by atoms with Gasteiger partial charge in [-0.15, -0.1) is 0 Å². The summed E-state index contributed by atoms with van der Waals surface area (Å²) in [5.74, 6) is 1.92. The lowest BCUT2D eigenvalue weighted by Gasteiger charge is -1.85. The third kappa shape index (κ3) is 0.770. The molecule has 2 aromatic heterocycles. The molecule has 0 radical (unpaired) electrons. The molecule has 0 amide bonds. The average molecular weight is 169 g/mol. The van der Waals surface area contributed by atoms with E-state index in [2.05, 4.69) is 15.0 Å². The smallest absolute Gasteiger partial charge is 0.130 e. The van der Waals surface area contributed by atoms with Crippen LogP contribution < -0.4 is 0 Å². The van der Waals surface area contributed by atoms with Crippen LogP contribution in [0.3, 0.4) is 0 Å². The van der Waals surface area contributed by atoms with E-state index in [0.29, 0.717) is 0 Å². The molecule has 2 rings (SSSR count). The number of hydrogen-bond donors (Lipinski definition) is 2. The molecule has 0 aliphatic rings. The monoisotopic (exact) mass is 169 g/mol. The Hall–Kier alpha value is -0.730. The molecule has 0 spiro atoms. The first kappa shape index (κ1) is 6.01. The fourth-order valence-corrected chi connectivity index (χ4v) is 1.81. The molecule has 0 unspecified atom stereocenters. The molecular weight excluding hydrogens is 165 g/mol. The topological polar surface area (TPSA) is 44.5 Å². The summed E-state index contributed by atoms with van der Waals surface area (Å²) in [4.78, 5) is 9.97. The summed E-state index contributed by atoms with van der Waals surface area (Å²) < 4.78 is 0.728. The number of H-pyrrole nitrogens is 2. The Balaban J connectivity index is 3.09. The molecule has 2 heterocycles. The molecule has 0 saturated carbocycles. The van der Waals surface area contributed by atoms with Gasteiger partial charge in [-0.2, -0.15) is 0 Å². The SMILES string of the molecule is S=c1[nH]cnc2pc[nH]c12.